The largest absolute Gasteiger partial charge is 0.356 e. The summed E-state index contributed by atoms with van der Waals surface area (Å²) in [4.78, 5) is 11.7. The van der Waals surface area contributed by atoms with Crippen LogP contribution in [0.2, 0.25) is 0 Å². The lowest BCUT2D eigenvalue weighted by molar-refractivity contribution is -0.124. The Bertz CT molecular complexity index is 267. The number of hydrogen-bond donors (Lipinski definition) is 2. The summed E-state index contributed by atoms with van der Waals surface area (Å²) in [6, 6.07) is 0. The van der Waals surface area contributed by atoms with Gasteiger partial charge in [-0.25, -0.2) is 0 Å². The zero-order valence-electron chi connectivity index (χ0n) is 9.93. The Morgan fingerprint density at radius 1 is 1.50 bits per heavy atom. The van der Waals surface area contributed by atoms with Crippen LogP contribution in [0.15, 0.2) is 11.6 Å². The number of carbonyl (C=O) groups excluding carboxylic acids is 1. The van der Waals surface area contributed by atoms with E-state index < -0.39 is 0 Å². The number of nitrogens with one attached hydrogen (secondary N) is 2. The zero-order chi connectivity index (χ0) is 11.2. The Kier molecular flexibility index (Phi) is 4.40. The van der Waals surface area contributed by atoms with Crippen LogP contribution in [0.5, 0.6) is 0 Å². The van der Waals surface area contributed by atoms with Crippen LogP contribution in [-0.2, 0) is 4.79 Å². The molecule has 0 aromatic carbocycles. The van der Waals surface area contributed by atoms with Gasteiger partial charge in [-0.05, 0) is 45.1 Å². The second-order valence-electron chi connectivity index (χ2n) is 4.84. The maximum Gasteiger partial charge on any atom is 0.224 e. The molecule has 1 aliphatic carbocycles. The molecule has 1 saturated heterocycles. The molecule has 0 spiro atoms. The van der Waals surface area contributed by atoms with Crippen molar-refractivity contribution in [1.82, 2.24) is 10.6 Å². The highest BCUT2D eigenvalue weighted by Gasteiger charge is 2.21. The molecular weight excluding hydrogens is 200 g/mol. The van der Waals surface area contributed by atoms with Crippen LogP contribution in [0.25, 0.3) is 0 Å². The lowest BCUT2D eigenvalue weighted by Gasteiger charge is -2.14. The average Bonchev–Trinajstić information content (AvgIpc) is 2.84. The maximum absolute atomic E-state index is 11.7. The van der Waals surface area contributed by atoms with Crippen LogP contribution in [0.1, 0.15) is 38.5 Å². The molecule has 1 amide bonds. The van der Waals surface area contributed by atoms with Gasteiger partial charge in [-0.3, -0.25) is 4.79 Å². The van der Waals surface area contributed by atoms with Crippen LogP contribution in [0, 0.1) is 5.92 Å². The van der Waals surface area contributed by atoms with Crippen molar-refractivity contribution < 1.29 is 4.79 Å². The molecule has 1 fully saturated rings. The Labute approximate surface area is 97.7 Å². The molecule has 90 valence electrons. The molecule has 3 nitrogen and oxygen atoms in total. The van der Waals surface area contributed by atoms with Gasteiger partial charge in [0.15, 0.2) is 0 Å². The molecule has 0 aromatic rings. The van der Waals surface area contributed by atoms with E-state index in [9.17, 15) is 4.79 Å². The molecule has 1 atom stereocenters. The van der Waals surface area contributed by atoms with Gasteiger partial charge < -0.3 is 10.6 Å². The summed E-state index contributed by atoms with van der Waals surface area (Å²) in [6.07, 6.45) is 9.53. The van der Waals surface area contributed by atoms with Gasteiger partial charge >= 0.3 is 0 Å². The van der Waals surface area contributed by atoms with Gasteiger partial charge in [-0.1, -0.05) is 11.6 Å². The van der Waals surface area contributed by atoms with E-state index in [1.54, 1.807) is 0 Å². The van der Waals surface area contributed by atoms with Crippen molar-refractivity contribution in [3.05, 3.63) is 11.6 Å². The first kappa shape index (κ1) is 11.6. The second-order valence-corrected chi connectivity index (χ2v) is 4.84. The van der Waals surface area contributed by atoms with Crippen molar-refractivity contribution in [2.75, 3.05) is 19.6 Å². The zero-order valence-corrected chi connectivity index (χ0v) is 9.93. The molecule has 1 aliphatic heterocycles. The Morgan fingerprint density at radius 3 is 3.12 bits per heavy atom. The first-order valence-corrected chi connectivity index (χ1v) is 6.52. The topological polar surface area (TPSA) is 41.1 Å². The van der Waals surface area contributed by atoms with Crippen molar-refractivity contribution in [1.29, 1.82) is 0 Å². The third-order valence-electron chi connectivity index (χ3n) is 3.56. The molecule has 1 unspecified atom stereocenters. The van der Waals surface area contributed by atoms with Gasteiger partial charge in [-0.2, -0.15) is 0 Å². The van der Waals surface area contributed by atoms with E-state index >= 15 is 0 Å². The molecule has 3 heteroatoms. The Balaban J connectivity index is 1.63. The van der Waals surface area contributed by atoms with Gasteiger partial charge in [0.2, 0.25) is 5.91 Å². The molecule has 0 aromatic heterocycles. The highest BCUT2D eigenvalue weighted by molar-refractivity contribution is 5.79. The van der Waals surface area contributed by atoms with Crippen LogP contribution >= 0.6 is 0 Å². The summed E-state index contributed by atoms with van der Waals surface area (Å²) in [5.74, 6) is 0.446. The fourth-order valence-corrected chi connectivity index (χ4v) is 2.50. The highest BCUT2D eigenvalue weighted by Crippen LogP contribution is 2.19. The third kappa shape index (κ3) is 3.34. The van der Waals surface area contributed by atoms with Crippen molar-refractivity contribution in [2.45, 2.75) is 38.5 Å². The molecule has 2 N–H and O–H groups in total. The number of rotatable bonds is 4. The minimum absolute atomic E-state index is 0.209. The number of hydrogen-bond acceptors (Lipinski definition) is 2. The van der Waals surface area contributed by atoms with Crippen LogP contribution in [0.4, 0.5) is 0 Å². The highest BCUT2D eigenvalue weighted by atomic mass is 16.1. The van der Waals surface area contributed by atoms with Crippen LogP contribution < -0.4 is 10.6 Å². The monoisotopic (exact) mass is 222 g/mol. The predicted octanol–water partition coefficient (Wildman–Crippen LogP) is 1.60. The molecule has 0 radical (unpaired) electrons. The van der Waals surface area contributed by atoms with E-state index in [1.807, 2.05) is 0 Å². The number of carbonyl (C=O) groups is 1. The molecule has 0 bridgehead atoms. The lowest BCUT2D eigenvalue weighted by Crippen LogP contribution is -2.32. The smallest absolute Gasteiger partial charge is 0.224 e. The van der Waals surface area contributed by atoms with Gasteiger partial charge in [0.1, 0.15) is 0 Å². The Hall–Kier alpha value is -0.830. The lowest BCUT2D eigenvalue weighted by atomic mass is 9.97. The van der Waals surface area contributed by atoms with E-state index in [2.05, 4.69) is 16.7 Å². The van der Waals surface area contributed by atoms with Crippen molar-refractivity contribution >= 4 is 5.91 Å². The summed E-state index contributed by atoms with van der Waals surface area (Å²) in [5.41, 5.74) is 1.54. The minimum Gasteiger partial charge on any atom is -0.356 e. The van der Waals surface area contributed by atoms with E-state index in [0.29, 0.717) is 0 Å². The summed E-state index contributed by atoms with van der Waals surface area (Å²) in [7, 11) is 0. The van der Waals surface area contributed by atoms with E-state index in [0.717, 1.165) is 32.5 Å². The third-order valence-corrected chi connectivity index (χ3v) is 3.56. The van der Waals surface area contributed by atoms with Gasteiger partial charge in [0, 0.05) is 13.1 Å². The van der Waals surface area contributed by atoms with Crippen LogP contribution in [-0.4, -0.2) is 25.5 Å². The molecule has 0 saturated carbocycles. The van der Waals surface area contributed by atoms with E-state index in [-0.39, 0.29) is 11.8 Å². The quantitative estimate of drug-likeness (QED) is 0.709. The molecule has 16 heavy (non-hydrogen) atoms. The molecule has 1 heterocycles. The van der Waals surface area contributed by atoms with E-state index in [4.69, 9.17) is 0 Å². The average molecular weight is 222 g/mol. The van der Waals surface area contributed by atoms with Gasteiger partial charge in [-0.15, -0.1) is 0 Å². The molecule has 2 rings (SSSR count). The minimum atomic E-state index is 0.209. The molecule has 2 aliphatic rings. The first-order valence-electron chi connectivity index (χ1n) is 6.52. The summed E-state index contributed by atoms with van der Waals surface area (Å²) in [6.45, 7) is 2.67. The van der Waals surface area contributed by atoms with Gasteiger partial charge in [0.05, 0.1) is 5.92 Å². The first-order chi connectivity index (χ1) is 7.86. The summed E-state index contributed by atoms with van der Waals surface area (Å²) < 4.78 is 0. The Morgan fingerprint density at radius 2 is 2.44 bits per heavy atom. The standard InChI is InChI=1S/C13H22N2O/c16-13(12-7-8-14-10-12)15-9-6-11-4-2-1-3-5-11/h4,12,14H,1-3,5-10H2,(H,15,16). The van der Waals surface area contributed by atoms with Crippen molar-refractivity contribution in [2.24, 2.45) is 5.92 Å². The maximum atomic E-state index is 11.7. The van der Waals surface area contributed by atoms with Crippen LogP contribution in [0.3, 0.4) is 0 Å². The van der Waals surface area contributed by atoms with Gasteiger partial charge in [0.25, 0.3) is 0 Å². The summed E-state index contributed by atoms with van der Waals surface area (Å²) >= 11 is 0. The van der Waals surface area contributed by atoms with E-state index in [1.165, 1.54) is 31.3 Å². The van der Waals surface area contributed by atoms with Crippen molar-refractivity contribution in [3.8, 4) is 0 Å². The SMILES string of the molecule is O=C(NCCC1=CCCCC1)C1CCNC1. The second kappa shape index (κ2) is 6.04. The predicted molar refractivity (Wildman–Crippen MR) is 65.2 cm³/mol. The number of allylic oxidation sites excluding steroid dienone is 1. The number of amides is 1. The normalized spacial score (nSPS) is 25.2. The molecular formula is C13H22N2O. The fourth-order valence-electron chi connectivity index (χ4n) is 2.50. The fraction of sp³-hybridized carbons (Fsp3) is 0.769. The van der Waals surface area contributed by atoms with Crippen molar-refractivity contribution in [3.63, 3.8) is 0 Å². The summed E-state index contributed by atoms with van der Waals surface area (Å²) in [5, 5.41) is 6.27.